The van der Waals surface area contributed by atoms with Crippen LogP contribution < -0.4 is 10.2 Å². The number of anilines is 2. The number of para-hydroxylation sites is 1. The third kappa shape index (κ3) is 5.03. The summed E-state index contributed by atoms with van der Waals surface area (Å²) in [6.07, 6.45) is 3.78. The Hall–Kier alpha value is -3.22. The van der Waals surface area contributed by atoms with Crippen LogP contribution in [0.1, 0.15) is 24.0 Å². The van der Waals surface area contributed by atoms with Crippen LogP contribution in [0.15, 0.2) is 42.5 Å². The van der Waals surface area contributed by atoms with Gasteiger partial charge in [0.1, 0.15) is 11.6 Å². The molecule has 5 nitrogen and oxygen atoms in total. The molecule has 2 aromatic rings. The zero-order valence-electron chi connectivity index (χ0n) is 17.0. The average Bonchev–Trinajstić information content (AvgIpc) is 2.75. The summed E-state index contributed by atoms with van der Waals surface area (Å²) in [7, 11) is 1.25. The first kappa shape index (κ1) is 21.5. The van der Waals surface area contributed by atoms with Gasteiger partial charge in [-0.2, -0.15) is 0 Å². The van der Waals surface area contributed by atoms with Gasteiger partial charge in [-0.1, -0.05) is 12.1 Å². The SMILES string of the molecule is COC(=O)C=Cc1cccc(F)c1NC(=O)C1CCN(c2ccc(F)c(C)c2)CC1. The number of hydrogen-bond acceptors (Lipinski definition) is 4. The minimum atomic E-state index is -0.574. The van der Waals surface area contributed by atoms with E-state index in [2.05, 4.69) is 15.0 Å². The highest BCUT2D eigenvalue weighted by molar-refractivity contribution is 5.96. The first-order chi connectivity index (χ1) is 14.4. The van der Waals surface area contributed by atoms with Gasteiger partial charge >= 0.3 is 5.97 Å². The number of esters is 1. The van der Waals surface area contributed by atoms with Crippen LogP contribution in [0.3, 0.4) is 0 Å². The number of hydrogen-bond donors (Lipinski definition) is 1. The van der Waals surface area contributed by atoms with E-state index in [1.165, 1.54) is 37.5 Å². The molecule has 1 fully saturated rings. The number of methoxy groups -OCH3 is 1. The first-order valence-corrected chi connectivity index (χ1v) is 9.75. The molecule has 0 unspecified atom stereocenters. The van der Waals surface area contributed by atoms with E-state index in [0.29, 0.717) is 37.1 Å². The van der Waals surface area contributed by atoms with E-state index < -0.39 is 11.8 Å². The van der Waals surface area contributed by atoms with E-state index in [1.54, 1.807) is 25.1 Å². The number of aryl methyl sites for hydroxylation is 1. The fourth-order valence-electron chi connectivity index (χ4n) is 3.49. The summed E-state index contributed by atoms with van der Waals surface area (Å²) >= 11 is 0. The van der Waals surface area contributed by atoms with Crippen molar-refractivity contribution in [1.29, 1.82) is 0 Å². The summed E-state index contributed by atoms with van der Waals surface area (Å²) in [5.74, 6) is -1.91. The van der Waals surface area contributed by atoms with Crippen LogP contribution in [0.5, 0.6) is 0 Å². The van der Waals surface area contributed by atoms with E-state index in [0.717, 1.165) is 5.69 Å². The van der Waals surface area contributed by atoms with Crippen molar-refractivity contribution in [2.45, 2.75) is 19.8 Å². The van der Waals surface area contributed by atoms with Gasteiger partial charge in [-0.25, -0.2) is 13.6 Å². The number of nitrogens with zero attached hydrogens (tertiary/aromatic N) is 1. The molecule has 0 spiro atoms. The molecule has 1 heterocycles. The molecule has 1 aliphatic rings. The van der Waals surface area contributed by atoms with Crippen molar-refractivity contribution >= 4 is 29.3 Å². The number of amides is 1. The Balaban J connectivity index is 1.66. The lowest BCUT2D eigenvalue weighted by molar-refractivity contribution is -0.134. The highest BCUT2D eigenvalue weighted by Gasteiger charge is 2.26. The summed E-state index contributed by atoms with van der Waals surface area (Å²) in [6, 6.07) is 9.36. The van der Waals surface area contributed by atoms with Crippen LogP contribution in [0.25, 0.3) is 6.08 Å². The zero-order valence-corrected chi connectivity index (χ0v) is 17.0. The van der Waals surface area contributed by atoms with Gasteiger partial charge in [0.05, 0.1) is 12.8 Å². The maximum atomic E-state index is 14.3. The van der Waals surface area contributed by atoms with Gasteiger partial charge in [-0.3, -0.25) is 4.79 Å². The molecule has 1 aliphatic heterocycles. The molecule has 0 bridgehead atoms. The minimum absolute atomic E-state index is 0.0410. The monoisotopic (exact) mass is 414 g/mol. The molecule has 158 valence electrons. The van der Waals surface area contributed by atoms with Crippen LogP contribution >= 0.6 is 0 Å². The predicted octanol–water partition coefficient (Wildman–Crippen LogP) is 4.31. The number of nitrogens with one attached hydrogen (secondary N) is 1. The van der Waals surface area contributed by atoms with Crippen LogP contribution in [-0.4, -0.2) is 32.1 Å². The van der Waals surface area contributed by atoms with E-state index >= 15 is 0 Å². The normalized spacial score (nSPS) is 14.7. The van der Waals surface area contributed by atoms with Crippen molar-refractivity contribution in [2.75, 3.05) is 30.4 Å². The molecule has 7 heteroatoms. The Morgan fingerprint density at radius 1 is 1.13 bits per heavy atom. The average molecular weight is 414 g/mol. The van der Waals surface area contributed by atoms with Gasteiger partial charge in [0.2, 0.25) is 5.91 Å². The lowest BCUT2D eigenvalue weighted by Crippen LogP contribution is -2.38. The topological polar surface area (TPSA) is 58.6 Å². The van der Waals surface area contributed by atoms with Gasteiger partial charge < -0.3 is 15.0 Å². The Kier molecular flexibility index (Phi) is 6.82. The van der Waals surface area contributed by atoms with E-state index in [-0.39, 0.29) is 23.3 Å². The van der Waals surface area contributed by atoms with Crippen molar-refractivity contribution in [3.63, 3.8) is 0 Å². The maximum absolute atomic E-state index is 14.3. The van der Waals surface area contributed by atoms with E-state index in [4.69, 9.17) is 0 Å². The lowest BCUT2D eigenvalue weighted by Gasteiger charge is -2.33. The fourth-order valence-corrected chi connectivity index (χ4v) is 3.49. The number of piperidine rings is 1. The highest BCUT2D eigenvalue weighted by Crippen LogP contribution is 2.27. The number of benzene rings is 2. The molecule has 3 rings (SSSR count). The molecule has 2 aromatic carbocycles. The van der Waals surface area contributed by atoms with Gasteiger partial charge in [0.25, 0.3) is 0 Å². The van der Waals surface area contributed by atoms with Crippen LogP contribution in [0, 0.1) is 24.5 Å². The Labute approximate surface area is 174 Å². The number of carbonyl (C=O) groups excluding carboxylic acids is 2. The molecular formula is C23H24F2N2O3. The van der Waals surface area contributed by atoms with Gasteiger partial charge in [0, 0.05) is 36.3 Å². The van der Waals surface area contributed by atoms with Gasteiger partial charge in [-0.15, -0.1) is 0 Å². The fraction of sp³-hybridized carbons (Fsp3) is 0.304. The zero-order chi connectivity index (χ0) is 21.7. The van der Waals surface area contributed by atoms with Gasteiger partial charge in [-0.05, 0) is 55.7 Å². The van der Waals surface area contributed by atoms with Crippen molar-refractivity contribution in [2.24, 2.45) is 5.92 Å². The lowest BCUT2D eigenvalue weighted by atomic mass is 9.95. The summed E-state index contributed by atoms with van der Waals surface area (Å²) in [6.45, 7) is 3.02. The Morgan fingerprint density at radius 2 is 1.87 bits per heavy atom. The molecule has 1 amide bonds. The van der Waals surface area contributed by atoms with Crippen molar-refractivity contribution in [3.8, 4) is 0 Å². The predicted molar refractivity (Wildman–Crippen MR) is 112 cm³/mol. The molecule has 0 aromatic heterocycles. The number of carbonyl (C=O) groups is 2. The van der Waals surface area contributed by atoms with E-state index in [9.17, 15) is 18.4 Å². The number of ether oxygens (including phenoxy) is 1. The van der Waals surface area contributed by atoms with Crippen LogP contribution in [-0.2, 0) is 14.3 Å². The quantitative estimate of drug-likeness (QED) is 0.585. The van der Waals surface area contributed by atoms with Crippen LogP contribution in [0.4, 0.5) is 20.2 Å². The third-order valence-electron chi connectivity index (χ3n) is 5.27. The van der Waals surface area contributed by atoms with E-state index in [1.807, 2.05) is 0 Å². The Bertz CT molecular complexity index is 967. The molecule has 0 atom stereocenters. The number of halogens is 2. The standard InChI is InChI=1S/C23H24F2N2O3/c1-15-14-18(7-8-19(15)24)27-12-10-17(11-13-27)23(29)26-22-16(4-3-5-20(22)25)6-9-21(28)30-2/h3-9,14,17H,10-13H2,1-2H3,(H,26,29). The second-order valence-corrected chi connectivity index (χ2v) is 7.24. The maximum Gasteiger partial charge on any atom is 0.330 e. The van der Waals surface area contributed by atoms with Crippen molar-refractivity contribution in [3.05, 3.63) is 65.2 Å². The third-order valence-corrected chi connectivity index (χ3v) is 5.27. The highest BCUT2D eigenvalue weighted by atomic mass is 19.1. The minimum Gasteiger partial charge on any atom is -0.466 e. The summed E-state index contributed by atoms with van der Waals surface area (Å²) in [5.41, 5.74) is 1.93. The Morgan fingerprint density at radius 3 is 2.53 bits per heavy atom. The number of rotatable bonds is 5. The molecule has 0 saturated carbocycles. The van der Waals surface area contributed by atoms with Crippen molar-refractivity contribution < 1.29 is 23.1 Å². The summed E-state index contributed by atoms with van der Waals surface area (Å²) in [5, 5.41) is 2.68. The second-order valence-electron chi connectivity index (χ2n) is 7.24. The molecule has 1 N–H and O–H groups in total. The molecule has 0 aliphatic carbocycles. The summed E-state index contributed by atoms with van der Waals surface area (Å²) < 4.78 is 32.4. The molecule has 0 radical (unpaired) electrons. The van der Waals surface area contributed by atoms with Gasteiger partial charge in [0.15, 0.2) is 0 Å². The van der Waals surface area contributed by atoms with Crippen LogP contribution in [0.2, 0.25) is 0 Å². The largest absolute Gasteiger partial charge is 0.466 e. The van der Waals surface area contributed by atoms with Crippen molar-refractivity contribution in [1.82, 2.24) is 0 Å². The summed E-state index contributed by atoms with van der Waals surface area (Å²) in [4.78, 5) is 26.2. The molecular weight excluding hydrogens is 390 g/mol. The molecule has 30 heavy (non-hydrogen) atoms. The first-order valence-electron chi connectivity index (χ1n) is 9.75. The second kappa shape index (κ2) is 9.52. The molecule has 1 saturated heterocycles. The smallest absolute Gasteiger partial charge is 0.330 e.